The maximum absolute atomic E-state index is 9.83. The van der Waals surface area contributed by atoms with Gasteiger partial charge in [0.1, 0.15) is 18.7 Å². The maximum atomic E-state index is 9.83. The smallest absolute Gasteiger partial charge is 0.216 e. The molecule has 4 aromatic rings. The topological polar surface area (TPSA) is 40.8 Å². The van der Waals surface area contributed by atoms with E-state index in [1.165, 1.54) is 0 Å². The second kappa shape index (κ2) is 6.55. The molecule has 0 aliphatic carbocycles. The van der Waals surface area contributed by atoms with Gasteiger partial charge in [0.15, 0.2) is 11.8 Å². The molecule has 0 saturated heterocycles. The van der Waals surface area contributed by atoms with Crippen molar-refractivity contribution in [3.05, 3.63) is 65.4 Å². The Balaban J connectivity index is 2.09. The van der Waals surface area contributed by atoms with Gasteiger partial charge in [0.05, 0.1) is 11.1 Å². The minimum absolute atomic E-state index is 0.486. The van der Waals surface area contributed by atoms with E-state index < -0.39 is 0 Å². The number of pyridine rings is 1. The Morgan fingerprint density at radius 2 is 1.78 bits per heavy atom. The fourth-order valence-corrected chi connectivity index (χ4v) is 3.88. The van der Waals surface area contributed by atoms with E-state index in [4.69, 9.17) is 4.42 Å². The Kier molecular flexibility index (Phi) is 4.20. The van der Waals surface area contributed by atoms with Crippen molar-refractivity contribution in [2.75, 3.05) is 0 Å². The van der Waals surface area contributed by atoms with Gasteiger partial charge in [-0.3, -0.25) is 0 Å². The molecule has 0 saturated carbocycles. The highest BCUT2D eigenvalue weighted by molar-refractivity contribution is 6.11. The molecule has 2 aromatic carbocycles. The number of hydrogen-bond donors (Lipinski definition) is 0. The first-order valence-electron chi connectivity index (χ1n) is 9.34. The van der Waals surface area contributed by atoms with Crippen LogP contribution in [0.2, 0.25) is 0 Å². The lowest BCUT2D eigenvalue weighted by Gasteiger charge is -2.06. The van der Waals surface area contributed by atoms with Crippen LogP contribution in [0.1, 0.15) is 30.5 Å². The first-order valence-corrected chi connectivity index (χ1v) is 9.34. The van der Waals surface area contributed by atoms with Gasteiger partial charge in [-0.2, -0.15) is 5.26 Å². The number of nitriles is 1. The number of fused-ring (bicyclic) bond motifs is 3. The Labute approximate surface area is 159 Å². The van der Waals surface area contributed by atoms with Gasteiger partial charge in [0, 0.05) is 22.9 Å². The van der Waals surface area contributed by atoms with Crippen LogP contribution in [0, 0.1) is 24.2 Å². The number of aryl methyl sites for hydroxylation is 2. The van der Waals surface area contributed by atoms with Crippen LogP contribution in [0.3, 0.4) is 0 Å². The second-order valence-electron chi connectivity index (χ2n) is 7.62. The molecule has 0 amide bonds. The summed E-state index contributed by atoms with van der Waals surface area (Å²) in [5.41, 5.74) is 6.62. The van der Waals surface area contributed by atoms with E-state index in [0.29, 0.717) is 17.1 Å². The third-order valence-electron chi connectivity index (χ3n) is 5.16. The van der Waals surface area contributed by atoms with E-state index in [0.717, 1.165) is 45.2 Å². The number of benzene rings is 2. The molecular formula is C24H23N2O+. The molecule has 0 bridgehead atoms. The molecule has 0 aliphatic heterocycles. The first-order chi connectivity index (χ1) is 13.0. The summed E-state index contributed by atoms with van der Waals surface area (Å²) in [5, 5.41) is 11.9. The summed E-state index contributed by atoms with van der Waals surface area (Å²) in [4.78, 5) is 0. The van der Waals surface area contributed by atoms with E-state index in [-0.39, 0.29) is 0 Å². The Morgan fingerprint density at radius 1 is 1.04 bits per heavy atom. The zero-order valence-corrected chi connectivity index (χ0v) is 16.2. The van der Waals surface area contributed by atoms with Crippen molar-refractivity contribution in [3.8, 4) is 17.3 Å². The monoisotopic (exact) mass is 355 g/mol. The highest BCUT2D eigenvalue weighted by Gasteiger charge is 2.22. The molecule has 3 nitrogen and oxygen atoms in total. The molecule has 2 aromatic heterocycles. The van der Waals surface area contributed by atoms with E-state index in [9.17, 15) is 5.26 Å². The van der Waals surface area contributed by atoms with Gasteiger partial charge in [0.2, 0.25) is 5.69 Å². The SMILES string of the molecule is Cc1ccc2c(oc3c(C#N)c(CC(C)C)ccc32)c1-c1cccc[n+]1C. The van der Waals surface area contributed by atoms with Crippen LogP contribution in [0.5, 0.6) is 0 Å². The van der Waals surface area contributed by atoms with Gasteiger partial charge in [-0.05, 0) is 36.5 Å². The zero-order valence-electron chi connectivity index (χ0n) is 16.2. The summed E-state index contributed by atoms with van der Waals surface area (Å²) in [6.45, 7) is 6.44. The number of aromatic nitrogens is 1. The maximum Gasteiger partial charge on any atom is 0.216 e. The predicted octanol–water partition coefficient (Wildman–Crippen LogP) is 5.46. The van der Waals surface area contributed by atoms with E-state index in [1.54, 1.807) is 0 Å². The molecule has 27 heavy (non-hydrogen) atoms. The van der Waals surface area contributed by atoms with Crippen LogP contribution in [-0.2, 0) is 13.5 Å². The number of rotatable bonds is 3. The van der Waals surface area contributed by atoms with Crippen molar-refractivity contribution in [1.29, 1.82) is 5.26 Å². The van der Waals surface area contributed by atoms with Crippen LogP contribution < -0.4 is 4.57 Å². The van der Waals surface area contributed by atoms with Crippen molar-refractivity contribution in [2.24, 2.45) is 13.0 Å². The van der Waals surface area contributed by atoms with Crippen LogP contribution >= 0.6 is 0 Å². The van der Waals surface area contributed by atoms with E-state index in [1.807, 2.05) is 25.4 Å². The van der Waals surface area contributed by atoms with Gasteiger partial charge < -0.3 is 4.42 Å². The average molecular weight is 355 g/mol. The highest BCUT2D eigenvalue weighted by Crippen LogP contribution is 2.38. The van der Waals surface area contributed by atoms with Crippen LogP contribution in [-0.4, -0.2) is 0 Å². The Hall–Kier alpha value is -3.12. The van der Waals surface area contributed by atoms with Crippen LogP contribution in [0.15, 0.2) is 53.1 Å². The fourth-order valence-electron chi connectivity index (χ4n) is 3.88. The Bertz CT molecular complexity index is 1210. The molecule has 0 fully saturated rings. The van der Waals surface area contributed by atoms with Crippen molar-refractivity contribution >= 4 is 21.9 Å². The normalized spacial score (nSPS) is 11.4. The average Bonchev–Trinajstić information content (AvgIpc) is 3.00. The first kappa shape index (κ1) is 17.3. The minimum atomic E-state index is 0.486. The quantitative estimate of drug-likeness (QED) is 0.458. The molecule has 2 heterocycles. The molecule has 0 spiro atoms. The van der Waals surface area contributed by atoms with Crippen LogP contribution in [0.4, 0.5) is 0 Å². The van der Waals surface area contributed by atoms with E-state index in [2.05, 4.69) is 61.7 Å². The highest BCUT2D eigenvalue weighted by atomic mass is 16.3. The molecule has 0 unspecified atom stereocenters. The molecule has 0 atom stereocenters. The fraction of sp³-hybridized carbons (Fsp3) is 0.250. The third-order valence-corrected chi connectivity index (χ3v) is 5.16. The molecule has 3 heteroatoms. The summed E-state index contributed by atoms with van der Waals surface area (Å²) in [5.74, 6) is 0.486. The molecule has 4 rings (SSSR count). The molecular weight excluding hydrogens is 332 g/mol. The molecule has 134 valence electrons. The molecule has 0 radical (unpaired) electrons. The lowest BCUT2D eigenvalue weighted by molar-refractivity contribution is -0.660. The van der Waals surface area contributed by atoms with Crippen molar-refractivity contribution < 1.29 is 8.98 Å². The Morgan fingerprint density at radius 3 is 2.48 bits per heavy atom. The van der Waals surface area contributed by atoms with Gasteiger partial charge in [-0.15, -0.1) is 0 Å². The summed E-state index contributed by atoms with van der Waals surface area (Å²) >= 11 is 0. The van der Waals surface area contributed by atoms with Gasteiger partial charge >= 0.3 is 0 Å². The summed E-state index contributed by atoms with van der Waals surface area (Å²) in [6, 6.07) is 17.0. The van der Waals surface area contributed by atoms with Crippen molar-refractivity contribution in [3.63, 3.8) is 0 Å². The number of furan rings is 1. The minimum Gasteiger partial charge on any atom is -0.454 e. The summed E-state index contributed by atoms with van der Waals surface area (Å²) in [6.07, 6.45) is 2.91. The van der Waals surface area contributed by atoms with Gasteiger partial charge in [0.25, 0.3) is 0 Å². The number of hydrogen-bond acceptors (Lipinski definition) is 2. The van der Waals surface area contributed by atoms with E-state index >= 15 is 0 Å². The molecule has 0 aliphatic rings. The largest absolute Gasteiger partial charge is 0.454 e. The van der Waals surface area contributed by atoms with Crippen molar-refractivity contribution in [2.45, 2.75) is 27.2 Å². The standard InChI is InChI=1S/C24H23N2O/c1-15(2)13-17-9-11-18-19-10-8-16(3)22(21-7-5-6-12-26(21)4)24(19)27-23(18)20(17)14-25/h5-12,15H,13H2,1-4H3/q+1. The second-order valence-corrected chi connectivity index (χ2v) is 7.62. The summed E-state index contributed by atoms with van der Waals surface area (Å²) in [7, 11) is 2.04. The third kappa shape index (κ3) is 2.78. The van der Waals surface area contributed by atoms with Gasteiger partial charge in [-0.1, -0.05) is 38.1 Å². The molecule has 0 N–H and O–H groups in total. The zero-order chi connectivity index (χ0) is 19.1. The van der Waals surface area contributed by atoms with Crippen molar-refractivity contribution in [1.82, 2.24) is 0 Å². The van der Waals surface area contributed by atoms with Crippen LogP contribution in [0.25, 0.3) is 33.2 Å². The predicted molar refractivity (Wildman–Crippen MR) is 108 cm³/mol. The van der Waals surface area contributed by atoms with Gasteiger partial charge in [-0.25, -0.2) is 4.57 Å². The lowest BCUT2D eigenvalue weighted by atomic mass is 9.95. The summed E-state index contributed by atoms with van der Waals surface area (Å²) < 4.78 is 8.48. The number of nitrogens with zero attached hydrogens (tertiary/aromatic N) is 2. The lowest BCUT2D eigenvalue weighted by Crippen LogP contribution is -2.30.